The summed E-state index contributed by atoms with van der Waals surface area (Å²) in [6.45, 7) is 9.58. The molecule has 2 rings (SSSR count). The number of methoxy groups -OCH3 is 4. The van der Waals surface area contributed by atoms with Gasteiger partial charge in [0.25, 0.3) is 0 Å². The van der Waals surface area contributed by atoms with E-state index in [1.165, 1.54) is 0 Å². The average Bonchev–Trinajstić information content (AvgIpc) is 3.03. The Kier molecular flexibility index (Phi) is 16.1. The van der Waals surface area contributed by atoms with Gasteiger partial charge in [0.05, 0.1) is 53.1 Å². The zero-order valence-corrected chi connectivity index (χ0v) is 28.4. The molecule has 0 radical (unpaired) electrons. The molecule has 0 spiro atoms. The average molecular weight is 613 g/mol. The molecular formula is C36H56N2O6. The quantitative estimate of drug-likeness (QED) is 0.133. The van der Waals surface area contributed by atoms with Crippen LogP contribution in [0.3, 0.4) is 0 Å². The van der Waals surface area contributed by atoms with Gasteiger partial charge in [-0.3, -0.25) is 0 Å². The van der Waals surface area contributed by atoms with Crippen LogP contribution in [0.4, 0.5) is 0 Å². The van der Waals surface area contributed by atoms with E-state index in [0.717, 1.165) is 62.5 Å². The minimum atomic E-state index is -0.857. The molecule has 8 heteroatoms. The molecule has 8 nitrogen and oxygen atoms in total. The van der Waals surface area contributed by atoms with Crippen LogP contribution < -0.4 is 34.2 Å². The lowest BCUT2D eigenvalue weighted by atomic mass is 9.69. The van der Waals surface area contributed by atoms with Gasteiger partial charge in [0.15, 0.2) is 23.0 Å². The van der Waals surface area contributed by atoms with Crippen LogP contribution in [0.1, 0.15) is 96.6 Å². The van der Waals surface area contributed by atoms with Crippen molar-refractivity contribution in [2.24, 2.45) is 11.7 Å². The Morgan fingerprint density at radius 2 is 1.39 bits per heavy atom. The van der Waals surface area contributed by atoms with E-state index in [4.69, 9.17) is 34.2 Å². The summed E-state index contributed by atoms with van der Waals surface area (Å²) in [5.41, 5.74) is 7.63. The third kappa shape index (κ3) is 9.59. The zero-order chi connectivity index (χ0) is 32.5. The molecule has 0 saturated carbocycles. The Morgan fingerprint density at radius 1 is 0.750 bits per heavy atom. The van der Waals surface area contributed by atoms with Crippen LogP contribution in [0, 0.1) is 17.2 Å². The van der Waals surface area contributed by atoms with Gasteiger partial charge in [-0.15, -0.1) is 0 Å². The van der Waals surface area contributed by atoms with Crippen molar-refractivity contribution in [2.75, 3.05) is 41.7 Å². The normalized spacial score (nSPS) is 13.1. The first-order valence-corrected chi connectivity index (χ1v) is 16.2. The molecule has 0 amide bonds. The Bertz CT molecular complexity index is 1180. The molecule has 246 valence electrons. The van der Waals surface area contributed by atoms with Gasteiger partial charge >= 0.3 is 0 Å². The first kappa shape index (κ1) is 36.9. The van der Waals surface area contributed by atoms with Crippen molar-refractivity contribution in [3.63, 3.8) is 0 Å². The second kappa shape index (κ2) is 19.2. The Morgan fingerprint density at radius 3 is 1.93 bits per heavy atom. The van der Waals surface area contributed by atoms with Crippen molar-refractivity contribution in [1.82, 2.24) is 0 Å². The van der Waals surface area contributed by atoms with Crippen LogP contribution in [0.2, 0.25) is 0 Å². The monoisotopic (exact) mass is 612 g/mol. The maximum absolute atomic E-state index is 10.9. The van der Waals surface area contributed by atoms with Crippen molar-refractivity contribution >= 4 is 0 Å². The van der Waals surface area contributed by atoms with E-state index in [0.29, 0.717) is 60.6 Å². The van der Waals surface area contributed by atoms with Gasteiger partial charge in [0, 0.05) is 11.6 Å². The molecule has 2 N–H and O–H groups in total. The van der Waals surface area contributed by atoms with E-state index < -0.39 is 5.41 Å². The largest absolute Gasteiger partial charge is 0.493 e. The number of nitriles is 1. The van der Waals surface area contributed by atoms with Crippen molar-refractivity contribution in [2.45, 2.75) is 103 Å². The SMILES string of the molecule is CCCCCOc1cc(C(C#N)(CCCC(N)Cc2ccc(OC)c(OC)c2)C(C)C)c(OCCCCC)c(OC)c1OC. The standard InChI is InChI=1S/C36H56N2O6/c1-9-11-13-20-43-32-24-29(33(44-21-14-12-10-2)35(42-8)34(32)41-7)36(25-37,26(3)4)19-15-16-28(38)22-27-17-18-30(39-5)31(23-27)40-6/h17-18,23-24,26,28H,9-16,19-22,38H2,1-8H3. The molecule has 0 aliphatic rings. The van der Waals surface area contributed by atoms with E-state index in [2.05, 4.69) is 33.8 Å². The number of benzene rings is 2. The highest BCUT2D eigenvalue weighted by Gasteiger charge is 2.41. The van der Waals surface area contributed by atoms with Crippen molar-refractivity contribution in [3.05, 3.63) is 35.4 Å². The molecule has 0 aliphatic heterocycles. The van der Waals surface area contributed by atoms with E-state index in [1.807, 2.05) is 24.3 Å². The fourth-order valence-electron chi connectivity index (χ4n) is 5.66. The maximum Gasteiger partial charge on any atom is 0.207 e. The van der Waals surface area contributed by atoms with E-state index >= 15 is 0 Å². The highest BCUT2D eigenvalue weighted by Crippen LogP contribution is 2.53. The second-order valence-corrected chi connectivity index (χ2v) is 11.7. The third-order valence-corrected chi connectivity index (χ3v) is 8.32. The molecule has 44 heavy (non-hydrogen) atoms. The number of hydrogen-bond donors (Lipinski definition) is 1. The van der Waals surface area contributed by atoms with Crippen LogP contribution in [-0.2, 0) is 11.8 Å². The first-order chi connectivity index (χ1) is 21.3. The van der Waals surface area contributed by atoms with Crippen LogP contribution in [0.15, 0.2) is 24.3 Å². The lowest BCUT2D eigenvalue weighted by Crippen LogP contribution is -2.33. The fraction of sp³-hybridized carbons (Fsp3) is 0.639. The zero-order valence-electron chi connectivity index (χ0n) is 28.4. The maximum atomic E-state index is 10.9. The molecule has 0 bridgehead atoms. The van der Waals surface area contributed by atoms with Crippen molar-refractivity contribution in [1.29, 1.82) is 5.26 Å². The molecule has 0 heterocycles. The summed E-state index contributed by atoms with van der Waals surface area (Å²) < 4.78 is 35.3. The molecule has 2 aromatic carbocycles. The summed E-state index contributed by atoms with van der Waals surface area (Å²) in [5, 5.41) is 10.9. The minimum Gasteiger partial charge on any atom is -0.493 e. The molecule has 0 aromatic heterocycles. The van der Waals surface area contributed by atoms with Gasteiger partial charge in [-0.1, -0.05) is 59.4 Å². The number of rotatable bonds is 22. The number of hydrogen-bond acceptors (Lipinski definition) is 8. The minimum absolute atomic E-state index is 0.0152. The number of nitrogens with zero attached hydrogens (tertiary/aromatic N) is 1. The second-order valence-electron chi connectivity index (χ2n) is 11.7. The molecule has 0 saturated heterocycles. The van der Waals surface area contributed by atoms with Gasteiger partial charge in [-0.2, -0.15) is 5.26 Å². The molecular weight excluding hydrogens is 556 g/mol. The van der Waals surface area contributed by atoms with Gasteiger partial charge in [0.2, 0.25) is 11.5 Å². The summed E-state index contributed by atoms with van der Waals surface area (Å²) in [5.74, 6) is 3.46. The summed E-state index contributed by atoms with van der Waals surface area (Å²) in [6.07, 6.45) is 8.96. The Hall–Kier alpha value is -3.31. The van der Waals surface area contributed by atoms with Gasteiger partial charge < -0.3 is 34.2 Å². The number of nitrogens with two attached hydrogens (primary N) is 1. The Labute approximate surface area is 266 Å². The highest BCUT2D eigenvalue weighted by atomic mass is 16.5. The summed E-state index contributed by atoms with van der Waals surface area (Å²) in [6, 6.07) is 10.5. The number of ether oxygens (including phenoxy) is 6. The molecule has 0 fully saturated rings. The molecule has 2 aromatic rings. The van der Waals surface area contributed by atoms with E-state index in [9.17, 15) is 5.26 Å². The number of unbranched alkanes of at least 4 members (excludes halogenated alkanes) is 4. The Balaban J connectivity index is 2.44. The third-order valence-electron chi connectivity index (χ3n) is 8.32. The lowest BCUT2D eigenvalue weighted by Gasteiger charge is -2.34. The first-order valence-electron chi connectivity index (χ1n) is 16.2. The summed E-state index contributed by atoms with van der Waals surface area (Å²) in [4.78, 5) is 0. The predicted molar refractivity (Wildman–Crippen MR) is 177 cm³/mol. The smallest absolute Gasteiger partial charge is 0.207 e. The van der Waals surface area contributed by atoms with Crippen LogP contribution in [-0.4, -0.2) is 47.7 Å². The lowest BCUT2D eigenvalue weighted by molar-refractivity contribution is 0.246. The molecule has 2 unspecified atom stereocenters. The highest BCUT2D eigenvalue weighted by molar-refractivity contribution is 5.65. The molecule has 0 aliphatic carbocycles. The van der Waals surface area contributed by atoms with Gasteiger partial charge in [-0.25, -0.2) is 0 Å². The van der Waals surface area contributed by atoms with Crippen LogP contribution >= 0.6 is 0 Å². The van der Waals surface area contributed by atoms with Crippen molar-refractivity contribution in [3.8, 4) is 40.6 Å². The van der Waals surface area contributed by atoms with Gasteiger partial charge in [0.1, 0.15) is 0 Å². The van der Waals surface area contributed by atoms with Gasteiger partial charge in [-0.05, 0) is 68.2 Å². The van der Waals surface area contributed by atoms with Crippen LogP contribution in [0.25, 0.3) is 0 Å². The molecule has 2 atom stereocenters. The topological polar surface area (TPSA) is 105 Å². The van der Waals surface area contributed by atoms with E-state index in [-0.39, 0.29) is 12.0 Å². The summed E-state index contributed by atoms with van der Waals surface area (Å²) >= 11 is 0. The fourth-order valence-corrected chi connectivity index (χ4v) is 5.66. The van der Waals surface area contributed by atoms with Crippen molar-refractivity contribution < 1.29 is 28.4 Å². The predicted octanol–water partition coefficient (Wildman–Crippen LogP) is 8.02. The van der Waals surface area contributed by atoms with Crippen LogP contribution in [0.5, 0.6) is 34.5 Å². The van der Waals surface area contributed by atoms with E-state index in [1.54, 1.807) is 28.4 Å². The summed E-state index contributed by atoms with van der Waals surface area (Å²) in [7, 11) is 6.47.